The van der Waals surface area contributed by atoms with Gasteiger partial charge in [-0.15, -0.1) is 0 Å². The third-order valence-corrected chi connectivity index (χ3v) is 3.86. The molecule has 1 aliphatic rings. The monoisotopic (exact) mass is 293 g/mol. The zero-order valence-electron chi connectivity index (χ0n) is 11.9. The fourth-order valence-corrected chi connectivity index (χ4v) is 2.50. The molecule has 0 aromatic heterocycles. The normalized spacial score (nSPS) is 16.6. The van der Waals surface area contributed by atoms with Gasteiger partial charge in [0.2, 0.25) is 0 Å². The summed E-state index contributed by atoms with van der Waals surface area (Å²) < 4.78 is 0. The number of anilines is 1. The first-order valence-electron chi connectivity index (χ1n) is 6.91. The van der Waals surface area contributed by atoms with Crippen LogP contribution < -0.4 is 5.32 Å². The van der Waals surface area contributed by atoms with Crippen LogP contribution in [-0.4, -0.2) is 47.6 Å². The van der Waals surface area contributed by atoms with Crippen LogP contribution in [-0.2, 0) is 0 Å². The summed E-state index contributed by atoms with van der Waals surface area (Å²) in [6.07, 6.45) is 2.19. The van der Waals surface area contributed by atoms with Gasteiger partial charge in [-0.3, -0.25) is 10.1 Å². The van der Waals surface area contributed by atoms with Gasteiger partial charge in [0.15, 0.2) is 0 Å². The highest BCUT2D eigenvalue weighted by atomic mass is 16.6. The minimum atomic E-state index is -1.29. The number of benzene rings is 1. The molecule has 7 heteroatoms. The molecule has 1 aromatic carbocycles. The molecule has 2 rings (SSSR count). The summed E-state index contributed by atoms with van der Waals surface area (Å²) in [4.78, 5) is 23.5. The van der Waals surface area contributed by atoms with Crippen LogP contribution in [0.3, 0.4) is 0 Å². The molecule has 0 bridgehead atoms. The molecule has 0 spiro atoms. The van der Waals surface area contributed by atoms with E-state index in [2.05, 4.69) is 17.3 Å². The van der Waals surface area contributed by atoms with Crippen molar-refractivity contribution in [2.45, 2.75) is 12.8 Å². The van der Waals surface area contributed by atoms with E-state index in [0.29, 0.717) is 11.6 Å². The summed E-state index contributed by atoms with van der Waals surface area (Å²) in [7, 11) is 2.09. The van der Waals surface area contributed by atoms with Crippen molar-refractivity contribution in [2.75, 3.05) is 32.0 Å². The Morgan fingerprint density at radius 2 is 2.14 bits per heavy atom. The van der Waals surface area contributed by atoms with E-state index < -0.39 is 10.9 Å². The number of nitro groups is 1. The maximum Gasteiger partial charge on any atom is 0.342 e. The van der Waals surface area contributed by atoms with E-state index in [4.69, 9.17) is 5.11 Å². The number of piperidine rings is 1. The van der Waals surface area contributed by atoms with E-state index >= 15 is 0 Å². The average Bonchev–Trinajstić information content (AvgIpc) is 2.46. The molecule has 21 heavy (non-hydrogen) atoms. The summed E-state index contributed by atoms with van der Waals surface area (Å²) in [5, 5.41) is 23.0. The maximum absolute atomic E-state index is 10.9. The topological polar surface area (TPSA) is 95.7 Å². The SMILES string of the molecule is CN1CCC(CNc2ccc(C(=O)O)c([N+](=O)[O-])c2)CC1. The van der Waals surface area contributed by atoms with Crippen LogP contribution in [0.2, 0.25) is 0 Å². The van der Waals surface area contributed by atoms with Gasteiger partial charge in [0.05, 0.1) is 4.92 Å². The Morgan fingerprint density at radius 3 is 2.71 bits per heavy atom. The molecule has 0 saturated carbocycles. The van der Waals surface area contributed by atoms with E-state index in [1.54, 1.807) is 6.07 Å². The number of hydrogen-bond donors (Lipinski definition) is 2. The van der Waals surface area contributed by atoms with E-state index in [-0.39, 0.29) is 11.3 Å². The largest absolute Gasteiger partial charge is 0.477 e. The highest BCUT2D eigenvalue weighted by Crippen LogP contribution is 2.24. The molecule has 1 fully saturated rings. The lowest BCUT2D eigenvalue weighted by Gasteiger charge is -2.29. The molecular weight excluding hydrogens is 274 g/mol. The van der Waals surface area contributed by atoms with Gasteiger partial charge in [-0.2, -0.15) is 0 Å². The summed E-state index contributed by atoms with van der Waals surface area (Å²) in [6.45, 7) is 2.87. The molecule has 1 aromatic rings. The molecule has 7 nitrogen and oxygen atoms in total. The van der Waals surface area contributed by atoms with Crippen LogP contribution in [0.15, 0.2) is 18.2 Å². The number of rotatable bonds is 5. The van der Waals surface area contributed by atoms with Crippen LogP contribution in [0.25, 0.3) is 0 Å². The molecule has 114 valence electrons. The second-order valence-corrected chi connectivity index (χ2v) is 5.42. The predicted octanol–water partition coefficient (Wildman–Crippen LogP) is 2.05. The lowest BCUT2D eigenvalue weighted by molar-refractivity contribution is -0.385. The van der Waals surface area contributed by atoms with Crippen LogP contribution in [0, 0.1) is 16.0 Å². The minimum absolute atomic E-state index is 0.287. The number of carboxylic acid groups (broad SMARTS) is 1. The Balaban J connectivity index is 2.02. The van der Waals surface area contributed by atoms with Crippen LogP contribution >= 0.6 is 0 Å². The predicted molar refractivity (Wildman–Crippen MR) is 78.8 cm³/mol. The van der Waals surface area contributed by atoms with Crippen molar-refractivity contribution in [3.8, 4) is 0 Å². The summed E-state index contributed by atoms with van der Waals surface area (Å²) >= 11 is 0. The first-order valence-corrected chi connectivity index (χ1v) is 6.91. The zero-order valence-corrected chi connectivity index (χ0v) is 11.9. The molecule has 1 aliphatic heterocycles. The highest BCUT2D eigenvalue weighted by molar-refractivity contribution is 5.93. The number of carbonyl (C=O) groups is 1. The first-order chi connectivity index (χ1) is 9.97. The standard InChI is InChI=1S/C14H19N3O4/c1-16-6-4-10(5-7-16)9-15-11-2-3-12(14(18)19)13(8-11)17(20)21/h2-3,8,10,15H,4-7,9H2,1H3,(H,18,19). The van der Waals surface area contributed by atoms with Gasteiger partial charge in [0.1, 0.15) is 5.56 Å². The number of nitrogens with zero attached hydrogens (tertiary/aromatic N) is 2. The van der Waals surface area contributed by atoms with Crippen LogP contribution in [0.1, 0.15) is 23.2 Å². The fourth-order valence-electron chi connectivity index (χ4n) is 2.50. The summed E-state index contributed by atoms with van der Waals surface area (Å²) in [5.41, 5.74) is -0.0775. The van der Waals surface area contributed by atoms with E-state index in [1.165, 1.54) is 12.1 Å². The second kappa shape index (κ2) is 6.53. The Kier molecular flexibility index (Phi) is 4.74. The third kappa shape index (κ3) is 3.91. The van der Waals surface area contributed by atoms with Crippen molar-refractivity contribution < 1.29 is 14.8 Å². The van der Waals surface area contributed by atoms with Gasteiger partial charge in [0, 0.05) is 18.3 Å². The number of carboxylic acids is 1. The van der Waals surface area contributed by atoms with Crippen molar-refractivity contribution in [1.82, 2.24) is 4.90 Å². The summed E-state index contributed by atoms with van der Waals surface area (Å²) in [5.74, 6) is -0.747. The molecule has 0 unspecified atom stereocenters. The molecule has 0 aliphatic carbocycles. The van der Waals surface area contributed by atoms with E-state index in [0.717, 1.165) is 32.5 Å². The Bertz CT molecular complexity index is 539. The Morgan fingerprint density at radius 1 is 1.48 bits per heavy atom. The average molecular weight is 293 g/mol. The van der Waals surface area contributed by atoms with Gasteiger partial charge in [-0.25, -0.2) is 4.79 Å². The van der Waals surface area contributed by atoms with E-state index in [9.17, 15) is 14.9 Å². The Hall–Kier alpha value is -2.15. The molecule has 1 heterocycles. The Labute approximate surface area is 122 Å². The lowest BCUT2D eigenvalue weighted by Crippen LogP contribution is -2.32. The van der Waals surface area contributed by atoms with Crippen molar-refractivity contribution in [3.05, 3.63) is 33.9 Å². The number of nitrogens with one attached hydrogen (secondary N) is 1. The van der Waals surface area contributed by atoms with Gasteiger partial charge in [-0.1, -0.05) is 0 Å². The number of hydrogen-bond acceptors (Lipinski definition) is 5. The molecule has 2 N–H and O–H groups in total. The molecule has 1 saturated heterocycles. The maximum atomic E-state index is 10.9. The number of likely N-dealkylation sites (tertiary alicyclic amines) is 1. The minimum Gasteiger partial charge on any atom is -0.477 e. The molecule has 0 radical (unpaired) electrons. The third-order valence-electron chi connectivity index (χ3n) is 3.86. The molecular formula is C14H19N3O4. The quantitative estimate of drug-likeness (QED) is 0.637. The van der Waals surface area contributed by atoms with E-state index in [1.807, 2.05) is 0 Å². The highest BCUT2D eigenvalue weighted by Gasteiger charge is 2.21. The first kappa shape index (κ1) is 15.2. The van der Waals surface area contributed by atoms with Crippen molar-refractivity contribution in [1.29, 1.82) is 0 Å². The second-order valence-electron chi connectivity index (χ2n) is 5.42. The van der Waals surface area contributed by atoms with Gasteiger partial charge in [0.25, 0.3) is 5.69 Å². The number of aromatic carboxylic acids is 1. The van der Waals surface area contributed by atoms with Gasteiger partial charge < -0.3 is 15.3 Å². The lowest BCUT2D eigenvalue weighted by atomic mass is 9.97. The van der Waals surface area contributed by atoms with Crippen molar-refractivity contribution >= 4 is 17.3 Å². The number of nitro benzene ring substituents is 1. The van der Waals surface area contributed by atoms with Gasteiger partial charge >= 0.3 is 5.97 Å². The van der Waals surface area contributed by atoms with Crippen molar-refractivity contribution in [2.24, 2.45) is 5.92 Å². The van der Waals surface area contributed by atoms with Crippen LogP contribution in [0.5, 0.6) is 0 Å². The molecule has 0 atom stereocenters. The zero-order chi connectivity index (χ0) is 15.4. The van der Waals surface area contributed by atoms with Crippen LogP contribution in [0.4, 0.5) is 11.4 Å². The fraction of sp³-hybridized carbons (Fsp3) is 0.500. The smallest absolute Gasteiger partial charge is 0.342 e. The summed E-state index contributed by atoms with van der Waals surface area (Å²) in [6, 6.07) is 4.14. The molecule has 0 amide bonds. The van der Waals surface area contributed by atoms with Gasteiger partial charge in [-0.05, 0) is 51.0 Å². The van der Waals surface area contributed by atoms with Crippen molar-refractivity contribution in [3.63, 3.8) is 0 Å².